The molecule has 4 atom stereocenters. The third-order valence-corrected chi connectivity index (χ3v) is 1.56. The van der Waals surface area contributed by atoms with Crippen LogP contribution >= 0.6 is 0 Å². The van der Waals surface area contributed by atoms with Crippen LogP contribution in [0.1, 0.15) is 0 Å². The molecule has 0 amide bonds. The van der Waals surface area contributed by atoms with Crippen molar-refractivity contribution in [2.24, 2.45) is 11.5 Å². The van der Waals surface area contributed by atoms with Crippen LogP contribution in [0.4, 0.5) is 0 Å². The van der Waals surface area contributed by atoms with Crippen molar-refractivity contribution >= 4 is 12.3 Å². The number of hydrogen-bond donors (Lipinski definition) is 5. The van der Waals surface area contributed by atoms with E-state index in [9.17, 15) is 9.59 Å². The molecule has 0 aliphatic heterocycles. The van der Waals surface area contributed by atoms with E-state index in [1.807, 2.05) is 0 Å². The van der Waals surface area contributed by atoms with Gasteiger partial charge in [0.25, 0.3) is 0 Å². The van der Waals surface area contributed by atoms with E-state index in [1.54, 1.807) is 0 Å². The Kier molecular flexibility index (Phi) is 4.49. The highest BCUT2D eigenvalue weighted by Crippen LogP contribution is 2.00. The number of carbonyl (C=O) groups excluding carboxylic acids is 1. The molecule has 0 saturated heterocycles. The van der Waals surface area contributed by atoms with Gasteiger partial charge in [0.1, 0.15) is 6.29 Å². The molecule has 0 aromatic heterocycles. The summed E-state index contributed by atoms with van der Waals surface area (Å²) in [5.74, 6) is -1.58. The second kappa shape index (κ2) is 4.87. The molecule has 7 nitrogen and oxygen atoms in total. The van der Waals surface area contributed by atoms with Crippen LogP contribution in [0.25, 0.3) is 0 Å². The molecule has 13 heavy (non-hydrogen) atoms. The van der Waals surface area contributed by atoms with Crippen LogP contribution in [0.3, 0.4) is 0 Å². The summed E-state index contributed by atoms with van der Waals surface area (Å²) in [4.78, 5) is 20.3. The molecule has 0 aliphatic carbocycles. The maximum absolute atomic E-state index is 10.2. The minimum atomic E-state index is -1.94. The van der Waals surface area contributed by atoms with Gasteiger partial charge in [-0.05, 0) is 0 Å². The molecule has 0 fully saturated rings. The summed E-state index contributed by atoms with van der Waals surface area (Å²) in [6.45, 7) is 0. The second-order valence-electron chi connectivity index (χ2n) is 2.56. The lowest BCUT2D eigenvalue weighted by molar-refractivity contribution is -0.149. The van der Waals surface area contributed by atoms with Crippen molar-refractivity contribution in [2.45, 2.75) is 24.3 Å². The van der Waals surface area contributed by atoms with Gasteiger partial charge < -0.3 is 31.6 Å². The van der Waals surface area contributed by atoms with E-state index in [-0.39, 0.29) is 6.29 Å². The molecule has 0 spiro atoms. The second-order valence-corrected chi connectivity index (χ2v) is 2.56. The Hall–Kier alpha value is -1.02. The van der Waals surface area contributed by atoms with Crippen molar-refractivity contribution in [2.75, 3.05) is 0 Å². The molecule has 0 saturated carbocycles. The fourth-order valence-electron chi connectivity index (χ4n) is 0.689. The minimum absolute atomic E-state index is 0.221. The first-order chi connectivity index (χ1) is 5.91. The first-order valence-electron chi connectivity index (χ1n) is 3.47. The van der Waals surface area contributed by atoms with Crippen molar-refractivity contribution in [3.8, 4) is 0 Å². The molecule has 0 aromatic carbocycles. The van der Waals surface area contributed by atoms with Crippen molar-refractivity contribution in [3.63, 3.8) is 0 Å². The highest BCUT2D eigenvalue weighted by molar-refractivity contribution is 5.73. The number of aldehydes is 1. The van der Waals surface area contributed by atoms with Crippen molar-refractivity contribution in [1.82, 2.24) is 0 Å². The van der Waals surface area contributed by atoms with Crippen LogP contribution in [0.5, 0.6) is 0 Å². The average Bonchev–Trinajstić information content (AvgIpc) is 2.12. The molecule has 0 aliphatic rings. The Morgan fingerprint density at radius 2 is 1.77 bits per heavy atom. The molecule has 7 heteroatoms. The molecular weight excluding hydrogens is 180 g/mol. The highest BCUT2D eigenvalue weighted by atomic mass is 16.4. The van der Waals surface area contributed by atoms with Crippen molar-refractivity contribution in [3.05, 3.63) is 0 Å². The van der Waals surface area contributed by atoms with E-state index in [2.05, 4.69) is 0 Å². The van der Waals surface area contributed by atoms with Gasteiger partial charge in [0.2, 0.25) is 0 Å². The number of aliphatic carboxylic acids is 1. The van der Waals surface area contributed by atoms with Crippen LogP contribution < -0.4 is 11.5 Å². The summed E-state index contributed by atoms with van der Waals surface area (Å²) in [5, 5.41) is 26.2. The molecule has 7 N–H and O–H groups in total. The third kappa shape index (κ3) is 3.07. The average molecular weight is 192 g/mol. The Morgan fingerprint density at radius 3 is 2.08 bits per heavy atom. The van der Waals surface area contributed by atoms with Crippen LogP contribution in [0.2, 0.25) is 0 Å². The van der Waals surface area contributed by atoms with E-state index >= 15 is 0 Å². The number of aliphatic hydroxyl groups excluding tert-OH is 2. The van der Waals surface area contributed by atoms with Crippen LogP contribution in [-0.4, -0.2) is 51.9 Å². The molecule has 0 aromatic rings. The van der Waals surface area contributed by atoms with E-state index in [0.29, 0.717) is 0 Å². The predicted molar refractivity (Wildman–Crippen MR) is 41.7 cm³/mol. The molecule has 0 rings (SSSR count). The maximum atomic E-state index is 10.2. The first kappa shape index (κ1) is 12.0. The number of hydrogen-bond acceptors (Lipinski definition) is 6. The molecule has 76 valence electrons. The lowest BCUT2D eigenvalue weighted by Crippen LogP contribution is -2.55. The first-order valence-corrected chi connectivity index (χ1v) is 3.47. The molecule has 0 bridgehead atoms. The summed E-state index contributed by atoms with van der Waals surface area (Å²) in [6.07, 6.45) is -3.30. The number of aliphatic hydroxyl groups is 2. The fraction of sp³-hybridized carbons (Fsp3) is 0.667. The van der Waals surface area contributed by atoms with E-state index in [1.165, 1.54) is 0 Å². The molecular formula is C6H12N2O5. The van der Waals surface area contributed by atoms with E-state index < -0.39 is 30.3 Å². The Bertz CT molecular complexity index is 197. The highest BCUT2D eigenvalue weighted by Gasteiger charge is 2.31. The number of rotatable bonds is 5. The summed E-state index contributed by atoms with van der Waals surface area (Å²) in [6, 6.07) is -2.79. The van der Waals surface area contributed by atoms with Gasteiger partial charge in [0.15, 0.2) is 6.10 Å². The zero-order chi connectivity index (χ0) is 10.6. The zero-order valence-corrected chi connectivity index (χ0v) is 6.70. The molecule has 0 unspecified atom stereocenters. The lowest BCUT2D eigenvalue weighted by atomic mass is 10.0. The van der Waals surface area contributed by atoms with Gasteiger partial charge in [-0.3, -0.25) is 0 Å². The fourth-order valence-corrected chi connectivity index (χ4v) is 0.689. The quantitative estimate of drug-likeness (QED) is 0.286. The minimum Gasteiger partial charge on any atom is -0.479 e. The number of nitrogens with two attached hydrogens (primary N) is 2. The normalized spacial score (nSPS) is 20.0. The summed E-state index contributed by atoms with van der Waals surface area (Å²) in [5.41, 5.74) is 10.2. The topological polar surface area (TPSA) is 147 Å². The van der Waals surface area contributed by atoms with Gasteiger partial charge in [-0.25, -0.2) is 4.79 Å². The zero-order valence-electron chi connectivity index (χ0n) is 6.70. The van der Waals surface area contributed by atoms with Gasteiger partial charge >= 0.3 is 5.97 Å². The number of carboxylic acids is 1. The standard InChI is InChI=1S/C6H12N2O5/c7-2(1-9)4(10)3(8)5(11)6(12)13/h1-5,10-11H,7-8H2,(H,12,13)/t2-,3-,4+,5-/m0/s1. The lowest BCUT2D eigenvalue weighted by Gasteiger charge is -2.22. The maximum Gasteiger partial charge on any atom is 0.334 e. The summed E-state index contributed by atoms with van der Waals surface area (Å²) in [7, 11) is 0. The van der Waals surface area contributed by atoms with E-state index in [0.717, 1.165) is 0 Å². The SMILES string of the molecule is N[C@@H]([C@H](O)[C@@H](N)C=O)[C@H](O)C(=O)O. The number of carbonyl (C=O) groups is 2. The monoisotopic (exact) mass is 192 g/mol. The third-order valence-electron chi connectivity index (χ3n) is 1.56. The molecule has 0 heterocycles. The summed E-state index contributed by atoms with van der Waals surface area (Å²) < 4.78 is 0. The van der Waals surface area contributed by atoms with Crippen LogP contribution in [0.15, 0.2) is 0 Å². The van der Waals surface area contributed by atoms with Gasteiger partial charge in [-0.1, -0.05) is 0 Å². The van der Waals surface area contributed by atoms with Gasteiger partial charge in [-0.2, -0.15) is 0 Å². The van der Waals surface area contributed by atoms with Crippen molar-refractivity contribution < 1.29 is 24.9 Å². The van der Waals surface area contributed by atoms with E-state index in [4.69, 9.17) is 26.8 Å². The van der Waals surface area contributed by atoms with Crippen molar-refractivity contribution in [1.29, 1.82) is 0 Å². The van der Waals surface area contributed by atoms with Crippen LogP contribution in [0, 0.1) is 0 Å². The Balaban J connectivity index is 4.32. The van der Waals surface area contributed by atoms with Gasteiger partial charge in [-0.15, -0.1) is 0 Å². The smallest absolute Gasteiger partial charge is 0.334 e. The largest absolute Gasteiger partial charge is 0.479 e. The summed E-state index contributed by atoms with van der Waals surface area (Å²) >= 11 is 0. The van der Waals surface area contributed by atoms with Gasteiger partial charge in [0, 0.05) is 0 Å². The predicted octanol–water partition coefficient (Wildman–Crippen LogP) is -3.35. The van der Waals surface area contributed by atoms with Gasteiger partial charge in [0.05, 0.1) is 18.2 Å². The number of carboxylic acid groups (broad SMARTS) is 1. The Labute approximate surface area is 73.9 Å². The van der Waals surface area contributed by atoms with Crippen LogP contribution in [-0.2, 0) is 9.59 Å². The molecule has 0 radical (unpaired) electrons. The Morgan fingerprint density at radius 1 is 1.31 bits per heavy atom.